The van der Waals surface area contributed by atoms with Crippen LogP contribution in [0.4, 0.5) is 0 Å². The molecule has 0 aromatic carbocycles. The van der Waals surface area contributed by atoms with E-state index < -0.39 is 0 Å². The summed E-state index contributed by atoms with van der Waals surface area (Å²) in [5, 5.41) is 0. The highest BCUT2D eigenvalue weighted by atomic mass is 28.3. The molecule has 0 saturated heterocycles. The van der Waals surface area contributed by atoms with Crippen molar-refractivity contribution in [2.45, 2.75) is 71.5 Å². The van der Waals surface area contributed by atoms with Crippen molar-refractivity contribution in [3.63, 3.8) is 0 Å². The first-order valence-electron chi connectivity index (χ1n) is 6.20. The maximum Gasteiger partial charge on any atom is 0.0362 e. The highest BCUT2D eigenvalue weighted by Gasteiger charge is 2.04. The van der Waals surface area contributed by atoms with Gasteiger partial charge in [-0.25, -0.2) is 0 Å². The van der Waals surface area contributed by atoms with Crippen molar-refractivity contribution >= 4 is 8.80 Å². The van der Waals surface area contributed by atoms with Crippen LogP contribution in [0.15, 0.2) is 0 Å². The Hall–Kier alpha value is 0.217. The Kier molecular flexibility index (Phi) is 8.95. The summed E-state index contributed by atoms with van der Waals surface area (Å²) < 4.78 is 0. The Morgan fingerprint density at radius 3 is 2.00 bits per heavy atom. The van der Waals surface area contributed by atoms with E-state index >= 15 is 0 Å². The zero-order valence-corrected chi connectivity index (χ0v) is 11.3. The van der Waals surface area contributed by atoms with Crippen LogP contribution >= 0.6 is 0 Å². The lowest BCUT2D eigenvalue weighted by Crippen LogP contribution is -2.07. The molecule has 0 bridgehead atoms. The van der Waals surface area contributed by atoms with E-state index in [1.165, 1.54) is 37.8 Å². The van der Waals surface area contributed by atoms with Gasteiger partial charge in [0, 0.05) is 8.80 Å². The predicted octanol–water partition coefficient (Wildman–Crippen LogP) is 4.47. The lowest BCUT2D eigenvalue weighted by atomic mass is 10.1. The van der Waals surface area contributed by atoms with E-state index in [-0.39, 0.29) is 8.80 Å². The predicted molar refractivity (Wildman–Crippen MR) is 66.2 cm³/mol. The summed E-state index contributed by atoms with van der Waals surface area (Å²) in [6.45, 7) is 9.42. The number of hydrogen-bond acceptors (Lipinski definition) is 0. The summed E-state index contributed by atoms with van der Waals surface area (Å²) in [7, 11) is -0.259. The molecule has 0 saturated carbocycles. The molecule has 0 fully saturated rings. The molecule has 0 heterocycles. The van der Waals surface area contributed by atoms with Gasteiger partial charge < -0.3 is 0 Å². The third-order valence-electron chi connectivity index (χ3n) is 3.05. The second-order valence-electron chi connectivity index (χ2n) is 4.71. The third-order valence-corrected chi connectivity index (χ3v) is 6.58. The van der Waals surface area contributed by atoms with Crippen molar-refractivity contribution in [1.29, 1.82) is 0 Å². The van der Waals surface area contributed by atoms with Crippen molar-refractivity contribution in [3.05, 3.63) is 0 Å². The largest absolute Gasteiger partial charge is 0.0680 e. The van der Waals surface area contributed by atoms with Crippen LogP contribution in [0, 0.1) is 5.92 Å². The Bertz CT molecular complexity index is 95.3. The summed E-state index contributed by atoms with van der Waals surface area (Å²) in [5.41, 5.74) is 0. The molecule has 0 amide bonds. The number of unbranched alkanes of at least 4 members (excludes halogenated alkanes) is 2. The van der Waals surface area contributed by atoms with Crippen molar-refractivity contribution < 1.29 is 0 Å². The first-order chi connectivity index (χ1) is 6.20. The maximum atomic E-state index is 2.38. The second kappa shape index (κ2) is 8.80. The molecular formula is C12H28Si. The highest BCUT2D eigenvalue weighted by molar-refractivity contribution is 6.58. The van der Waals surface area contributed by atoms with Crippen LogP contribution in [-0.4, -0.2) is 8.80 Å². The molecule has 0 aliphatic heterocycles. The molecule has 0 nitrogen and oxygen atoms in total. The normalized spacial score (nSPS) is 11.5. The van der Waals surface area contributed by atoms with Gasteiger partial charge in [0.25, 0.3) is 0 Å². The first kappa shape index (κ1) is 13.2. The van der Waals surface area contributed by atoms with E-state index in [2.05, 4.69) is 27.7 Å². The standard InChI is InChI=1S/C12H28Si/c1-5-13(6-2)11-9-7-8-10-12(3)4/h12-13H,5-11H2,1-4H3. The topological polar surface area (TPSA) is 0 Å². The van der Waals surface area contributed by atoms with Crippen LogP contribution in [0.5, 0.6) is 0 Å². The van der Waals surface area contributed by atoms with E-state index in [9.17, 15) is 0 Å². The maximum absolute atomic E-state index is 2.38. The minimum absolute atomic E-state index is 0.259. The number of rotatable bonds is 8. The minimum Gasteiger partial charge on any atom is -0.0680 e. The summed E-state index contributed by atoms with van der Waals surface area (Å²) in [5.74, 6) is 0.908. The van der Waals surface area contributed by atoms with Gasteiger partial charge in [-0.2, -0.15) is 0 Å². The van der Waals surface area contributed by atoms with Crippen molar-refractivity contribution in [2.75, 3.05) is 0 Å². The van der Waals surface area contributed by atoms with Crippen molar-refractivity contribution in [3.8, 4) is 0 Å². The summed E-state index contributed by atoms with van der Waals surface area (Å²) in [6, 6.07) is 4.63. The van der Waals surface area contributed by atoms with Gasteiger partial charge in [0.2, 0.25) is 0 Å². The molecule has 0 aromatic heterocycles. The van der Waals surface area contributed by atoms with Gasteiger partial charge in [-0.1, -0.05) is 71.5 Å². The molecule has 0 aliphatic carbocycles. The molecule has 0 atom stereocenters. The molecule has 0 rings (SSSR count). The van der Waals surface area contributed by atoms with Crippen molar-refractivity contribution in [1.82, 2.24) is 0 Å². The average Bonchev–Trinajstić information content (AvgIpc) is 2.11. The van der Waals surface area contributed by atoms with Gasteiger partial charge in [0.15, 0.2) is 0 Å². The van der Waals surface area contributed by atoms with E-state index in [0.717, 1.165) is 5.92 Å². The Balaban J connectivity index is 3.14. The molecule has 0 unspecified atom stereocenters. The molecule has 0 spiro atoms. The Labute approximate surface area is 86.7 Å². The average molecular weight is 200 g/mol. The summed E-state index contributed by atoms with van der Waals surface area (Å²) >= 11 is 0. The van der Waals surface area contributed by atoms with Gasteiger partial charge >= 0.3 is 0 Å². The van der Waals surface area contributed by atoms with Crippen LogP contribution in [0.1, 0.15) is 53.4 Å². The van der Waals surface area contributed by atoms with Gasteiger partial charge in [-0.05, 0) is 5.92 Å². The quantitative estimate of drug-likeness (QED) is 0.400. The van der Waals surface area contributed by atoms with E-state index in [1.807, 2.05) is 0 Å². The molecule has 0 aliphatic rings. The lowest BCUT2D eigenvalue weighted by Gasteiger charge is -2.10. The minimum atomic E-state index is -0.259. The fraction of sp³-hybridized carbons (Fsp3) is 1.00. The van der Waals surface area contributed by atoms with Gasteiger partial charge in [0.05, 0.1) is 0 Å². The summed E-state index contributed by atoms with van der Waals surface area (Å²) in [4.78, 5) is 0. The van der Waals surface area contributed by atoms with Crippen LogP contribution < -0.4 is 0 Å². The van der Waals surface area contributed by atoms with Gasteiger partial charge in [-0.15, -0.1) is 0 Å². The Morgan fingerprint density at radius 1 is 0.923 bits per heavy atom. The van der Waals surface area contributed by atoms with Crippen LogP contribution in [-0.2, 0) is 0 Å². The molecule has 0 radical (unpaired) electrons. The second-order valence-corrected chi connectivity index (χ2v) is 8.66. The van der Waals surface area contributed by atoms with E-state index in [0.29, 0.717) is 0 Å². The van der Waals surface area contributed by atoms with Crippen molar-refractivity contribution in [2.24, 2.45) is 5.92 Å². The van der Waals surface area contributed by atoms with Gasteiger partial charge in [-0.3, -0.25) is 0 Å². The van der Waals surface area contributed by atoms with Gasteiger partial charge in [0.1, 0.15) is 0 Å². The zero-order valence-electron chi connectivity index (χ0n) is 10.1. The molecule has 80 valence electrons. The molecule has 0 aromatic rings. The van der Waals surface area contributed by atoms with Crippen LogP contribution in [0.2, 0.25) is 18.1 Å². The molecular weight excluding hydrogens is 172 g/mol. The van der Waals surface area contributed by atoms with E-state index in [1.54, 1.807) is 6.04 Å². The van der Waals surface area contributed by atoms with Crippen LogP contribution in [0.3, 0.4) is 0 Å². The SMILES string of the molecule is CC[SiH](CC)CCCCCC(C)C. The fourth-order valence-electron chi connectivity index (χ4n) is 1.86. The zero-order chi connectivity index (χ0) is 10.1. The fourth-order valence-corrected chi connectivity index (χ4v) is 4.12. The smallest absolute Gasteiger partial charge is 0.0362 e. The monoisotopic (exact) mass is 200 g/mol. The summed E-state index contributed by atoms with van der Waals surface area (Å²) in [6.07, 6.45) is 5.91. The molecule has 0 N–H and O–H groups in total. The van der Waals surface area contributed by atoms with E-state index in [4.69, 9.17) is 0 Å². The highest BCUT2D eigenvalue weighted by Crippen LogP contribution is 2.13. The van der Waals surface area contributed by atoms with Crippen LogP contribution in [0.25, 0.3) is 0 Å². The first-order valence-corrected chi connectivity index (χ1v) is 8.65. The molecule has 13 heavy (non-hydrogen) atoms. The number of hydrogen-bond donors (Lipinski definition) is 0. The lowest BCUT2D eigenvalue weighted by molar-refractivity contribution is 0.534. The Morgan fingerprint density at radius 2 is 1.54 bits per heavy atom. The molecule has 1 heteroatoms. The third kappa shape index (κ3) is 8.54.